The van der Waals surface area contributed by atoms with Gasteiger partial charge >= 0.3 is 11.9 Å². The van der Waals surface area contributed by atoms with Crippen LogP contribution in [-0.2, 0) is 4.74 Å². The first-order valence-corrected chi connectivity index (χ1v) is 4.44. The van der Waals surface area contributed by atoms with Crippen molar-refractivity contribution < 1.29 is 18.3 Å². The summed E-state index contributed by atoms with van der Waals surface area (Å²) in [5.74, 6) is -1.22. The van der Waals surface area contributed by atoms with Crippen LogP contribution in [0.4, 0.5) is 4.39 Å². The van der Waals surface area contributed by atoms with Crippen LogP contribution in [0.5, 0.6) is 0 Å². The number of ether oxygens (including phenoxy) is 1. The Kier molecular flexibility index (Phi) is 2.37. The van der Waals surface area contributed by atoms with E-state index in [4.69, 9.17) is 9.15 Å². The quantitative estimate of drug-likeness (QED) is 0.711. The van der Waals surface area contributed by atoms with Crippen molar-refractivity contribution in [3.63, 3.8) is 0 Å². The summed E-state index contributed by atoms with van der Waals surface area (Å²) in [6, 6.07) is 3.85. The van der Waals surface area contributed by atoms with Gasteiger partial charge in [0.15, 0.2) is 5.58 Å². The van der Waals surface area contributed by atoms with Crippen molar-refractivity contribution in [2.45, 2.75) is 6.92 Å². The molecule has 0 saturated heterocycles. The molecule has 4 nitrogen and oxygen atoms in total. The van der Waals surface area contributed by atoms with Gasteiger partial charge in [-0.3, -0.25) is 0 Å². The van der Waals surface area contributed by atoms with Gasteiger partial charge in [0.2, 0.25) is 0 Å². The zero-order valence-corrected chi connectivity index (χ0v) is 7.99. The lowest BCUT2D eigenvalue weighted by Crippen LogP contribution is -2.04. The van der Waals surface area contributed by atoms with E-state index in [-0.39, 0.29) is 12.5 Å². The monoisotopic (exact) mass is 209 g/mol. The molecule has 0 spiro atoms. The van der Waals surface area contributed by atoms with Crippen molar-refractivity contribution >= 4 is 17.1 Å². The van der Waals surface area contributed by atoms with Crippen molar-refractivity contribution in [1.82, 2.24) is 4.98 Å². The highest BCUT2D eigenvalue weighted by Crippen LogP contribution is 2.16. The Bertz CT molecular complexity index is 506. The zero-order valence-electron chi connectivity index (χ0n) is 7.99. The molecule has 2 rings (SSSR count). The lowest BCUT2D eigenvalue weighted by molar-refractivity contribution is 0.0483. The number of fused-ring (bicyclic) bond motifs is 1. The molecule has 1 aromatic heterocycles. The summed E-state index contributed by atoms with van der Waals surface area (Å²) in [6.45, 7) is 1.92. The summed E-state index contributed by atoms with van der Waals surface area (Å²) in [5, 5.41) is 0. The Morgan fingerprint density at radius 2 is 2.40 bits per heavy atom. The number of hydrogen-bond donors (Lipinski definition) is 0. The van der Waals surface area contributed by atoms with Crippen molar-refractivity contribution in [2.24, 2.45) is 0 Å². The van der Waals surface area contributed by atoms with Crippen LogP contribution in [0.15, 0.2) is 22.6 Å². The van der Waals surface area contributed by atoms with Gasteiger partial charge in [0.1, 0.15) is 11.3 Å². The van der Waals surface area contributed by atoms with Crippen LogP contribution in [-0.4, -0.2) is 17.6 Å². The fourth-order valence-electron chi connectivity index (χ4n) is 1.18. The molecule has 0 saturated carbocycles. The van der Waals surface area contributed by atoms with Crippen LogP contribution in [0.25, 0.3) is 11.1 Å². The summed E-state index contributed by atoms with van der Waals surface area (Å²) in [6.07, 6.45) is 0. The van der Waals surface area contributed by atoms with Crippen LogP contribution in [0.1, 0.15) is 17.6 Å². The van der Waals surface area contributed by atoms with Gasteiger partial charge in [-0.05, 0) is 19.1 Å². The van der Waals surface area contributed by atoms with Crippen molar-refractivity contribution in [3.8, 4) is 0 Å². The van der Waals surface area contributed by atoms with E-state index < -0.39 is 11.8 Å². The number of carbonyl (C=O) groups is 1. The average molecular weight is 209 g/mol. The molecule has 78 valence electrons. The second kappa shape index (κ2) is 3.68. The number of aromatic nitrogens is 1. The van der Waals surface area contributed by atoms with Gasteiger partial charge in [0.05, 0.1) is 6.61 Å². The lowest BCUT2D eigenvalue weighted by Gasteiger charge is -1.94. The number of rotatable bonds is 2. The molecule has 5 heteroatoms. The largest absolute Gasteiger partial charge is 0.459 e. The summed E-state index contributed by atoms with van der Waals surface area (Å²) < 4.78 is 22.6. The van der Waals surface area contributed by atoms with E-state index in [1.807, 2.05) is 0 Å². The van der Waals surface area contributed by atoms with Crippen molar-refractivity contribution in [2.75, 3.05) is 6.61 Å². The lowest BCUT2D eigenvalue weighted by atomic mass is 10.3. The predicted octanol–water partition coefficient (Wildman–Crippen LogP) is 2.14. The van der Waals surface area contributed by atoms with E-state index in [0.29, 0.717) is 11.1 Å². The van der Waals surface area contributed by atoms with Crippen molar-refractivity contribution in [1.29, 1.82) is 0 Å². The normalized spacial score (nSPS) is 10.5. The smallest absolute Gasteiger partial charge is 0.394 e. The Morgan fingerprint density at radius 3 is 3.13 bits per heavy atom. The van der Waals surface area contributed by atoms with Gasteiger partial charge in [0.25, 0.3) is 0 Å². The standard InChI is InChI=1S/C10H8FNO3/c1-2-14-10(13)9-12-7-5-6(11)3-4-8(7)15-9/h3-5H,2H2,1H3. The minimum atomic E-state index is -0.644. The molecule has 1 heterocycles. The van der Waals surface area contributed by atoms with Gasteiger partial charge in [-0.1, -0.05) is 0 Å². The maximum absolute atomic E-state index is 12.8. The highest BCUT2D eigenvalue weighted by Gasteiger charge is 2.15. The number of carbonyl (C=O) groups excluding carboxylic acids is 1. The molecule has 0 unspecified atom stereocenters. The number of hydrogen-bond acceptors (Lipinski definition) is 4. The summed E-state index contributed by atoms with van der Waals surface area (Å²) in [4.78, 5) is 15.0. The fraction of sp³-hybridized carbons (Fsp3) is 0.200. The predicted molar refractivity (Wildman–Crippen MR) is 49.9 cm³/mol. The summed E-state index contributed by atoms with van der Waals surface area (Å²) in [5.41, 5.74) is 0.664. The average Bonchev–Trinajstić information content (AvgIpc) is 2.60. The highest BCUT2D eigenvalue weighted by molar-refractivity contribution is 5.88. The molecule has 0 amide bonds. The first-order chi connectivity index (χ1) is 7.20. The number of oxazole rings is 1. The van der Waals surface area contributed by atoms with Crippen LogP contribution in [0, 0.1) is 5.82 Å². The van der Waals surface area contributed by atoms with Gasteiger partial charge < -0.3 is 9.15 Å². The molecule has 15 heavy (non-hydrogen) atoms. The minimum Gasteiger partial charge on any atom is -0.459 e. The van der Waals surface area contributed by atoms with Crippen LogP contribution < -0.4 is 0 Å². The molecule has 0 N–H and O–H groups in total. The molecule has 0 fully saturated rings. The van der Waals surface area contributed by atoms with Crippen LogP contribution >= 0.6 is 0 Å². The number of esters is 1. The van der Waals surface area contributed by atoms with Gasteiger partial charge in [0, 0.05) is 6.07 Å². The van der Waals surface area contributed by atoms with E-state index in [0.717, 1.165) is 0 Å². The van der Waals surface area contributed by atoms with Crippen LogP contribution in [0.2, 0.25) is 0 Å². The maximum atomic E-state index is 12.8. The van der Waals surface area contributed by atoms with Crippen molar-refractivity contribution in [3.05, 3.63) is 29.9 Å². The van der Waals surface area contributed by atoms with E-state index in [2.05, 4.69) is 4.98 Å². The van der Waals surface area contributed by atoms with Gasteiger partial charge in [-0.2, -0.15) is 0 Å². The molecule has 0 aliphatic carbocycles. The number of nitrogens with zero attached hydrogens (tertiary/aromatic N) is 1. The molecule has 2 aromatic rings. The molecular weight excluding hydrogens is 201 g/mol. The van der Waals surface area contributed by atoms with E-state index in [1.165, 1.54) is 18.2 Å². The first-order valence-electron chi connectivity index (χ1n) is 4.44. The summed E-state index contributed by atoms with van der Waals surface area (Å²) in [7, 11) is 0. The Hall–Kier alpha value is -1.91. The zero-order chi connectivity index (χ0) is 10.8. The van der Waals surface area contributed by atoms with E-state index >= 15 is 0 Å². The molecule has 0 aliphatic heterocycles. The second-order valence-corrected chi connectivity index (χ2v) is 2.85. The number of benzene rings is 1. The number of halogens is 1. The molecule has 1 aromatic carbocycles. The third kappa shape index (κ3) is 1.81. The summed E-state index contributed by atoms with van der Waals surface area (Å²) >= 11 is 0. The third-order valence-electron chi connectivity index (χ3n) is 1.80. The molecule has 0 radical (unpaired) electrons. The van der Waals surface area contributed by atoms with E-state index in [9.17, 15) is 9.18 Å². The third-order valence-corrected chi connectivity index (χ3v) is 1.80. The minimum absolute atomic E-state index is 0.155. The Labute approximate surface area is 84.7 Å². The fourth-order valence-corrected chi connectivity index (χ4v) is 1.18. The molecule has 0 aliphatic rings. The topological polar surface area (TPSA) is 52.3 Å². The molecule has 0 atom stereocenters. The maximum Gasteiger partial charge on any atom is 0.394 e. The first kappa shape index (κ1) is 9.64. The SMILES string of the molecule is CCOC(=O)c1nc2cc(F)ccc2o1. The molecule has 0 bridgehead atoms. The van der Waals surface area contributed by atoms with Gasteiger partial charge in [-0.15, -0.1) is 0 Å². The van der Waals surface area contributed by atoms with Crippen LogP contribution in [0.3, 0.4) is 0 Å². The molecular formula is C10H8FNO3. The van der Waals surface area contributed by atoms with Gasteiger partial charge in [-0.25, -0.2) is 14.2 Å². The van der Waals surface area contributed by atoms with E-state index in [1.54, 1.807) is 6.92 Å². The Balaban J connectivity index is 2.42. The highest BCUT2D eigenvalue weighted by atomic mass is 19.1. The second-order valence-electron chi connectivity index (χ2n) is 2.85. The Morgan fingerprint density at radius 1 is 1.60 bits per heavy atom.